The molecule has 0 radical (unpaired) electrons. The molecule has 0 bridgehead atoms. The number of carbonyl (C=O) groups excluding carboxylic acids is 1. The lowest BCUT2D eigenvalue weighted by molar-refractivity contribution is 0.0572. The van der Waals surface area contributed by atoms with Crippen LogP contribution in [-0.2, 0) is 6.54 Å². The third-order valence-corrected chi connectivity index (χ3v) is 3.93. The predicted octanol–water partition coefficient (Wildman–Crippen LogP) is 2.24. The first-order valence-electron chi connectivity index (χ1n) is 7.36. The average Bonchev–Trinajstić information content (AvgIpc) is 2.86. The number of amides is 1. The Morgan fingerprint density at radius 1 is 1.53 bits per heavy atom. The van der Waals surface area contributed by atoms with Gasteiger partial charge in [0, 0.05) is 31.4 Å². The Labute approximate surface area is 115 Å². The molecular weight excluding hydrogens is 238 g/mol. The lowest BCUT2D eigenvalue weighted by Gasteiger charge is -2.38. The van der Waals surface area contributed by atoms with Gasteiger partial charge in [-0.2, -0.15) is 0 Å². The Morgan fingerprint density at radius 3 is 3.00 bits per heavy atom. The Balaban J connectivity index is 2.19. The Hall–Kier alpha value is -1.29. The van der Waals surface area contributed by atoms with E-state index < -0.39 is 0 Å². The number of carbonyl (C=O) groups is 1. The lowest BCUT2D eigenvalue weighted by atomic mass is 9.96. The van der Waals surface area contributed by atoms with Crippen LogP contribution in [0.1, 0.15) is 50.0 Å². The highest BCUT2D eigenvalue weighted by Gasteiger charge is 2.30. The molecule has 0 aliphatic carbocycles. The zero-order valence-corrected chi connectivity index (χ0v) is 12.0. The number of piperidine rings is 1. The van der Waals surface area contributed by atoms with Crippen molar-refractivity contribution in [3.05, 3.63) is 24.0 Å². The molecule has 106 valence electrons. The number of rotatable bonds is 4. The highest BCUT2D eigenvalue weighted by atomic mass is 16.2. The number of aryl methyl sites for hydroxylation is 1. The molecule has 1 aromatic rings. The molecule has 1 fully saturated rings. The fourth-order valence-electron chi connectivity index (χ4n) is 2.95. The van der Waals surface area contributed by atoms with Crippen LogP contribution in [0.4, 0.5) is 0 Å². The molecule has 2 unspecified atom stereocenters. The second-order valence-electron chi connectivity index (χ2n) is 5.51. The summed E-state index contributed by atoms with van der Waals surface area (Å²) in [5.41, 5.74) is 6.85. The van der Waals surface area contributed by atoms with E-state index in [-0.39, 0.29) is 18.0 Å². The van der Waals surface area contributed by atoms with Crippen LogP contribution >= 0.6 is 0 Å². The van der Waals surface area contributed by atoms with Crippen molar-refractivity contribution in [3.8, 4) is 0 Å². The Kier molecular flexibility index (Phi) is 4.64. The van der Waals surface area contributed by atoms with E-state index in [1.165, 1.54) is 6.42 Å². The smallest absolute Gasteiger partial charge is 0.270 e. The van der Waals surface area contributed by atoms with Gasteiger partial charge in [-0.05, 0) is 44.7 Å². The van der Waals surface area contributed by atoms with Gasteiger partial charge in [0.15, 0.2) is 0 Å². The summed E-state index contributed by atoms with van der Waals surface area (Å²) in [7, 11) is 0. The molecular formula is C15H25N3O. The van der Waals surface area contributed by atoms with Crippen molar-refractivity contribution in [2.45, 2.75) is 58.2 Å². The number of nitrogens with two attached hydrogens (primary N) is 1. The van der Waals surface area contributed by atoms with Crippen LogP contribution in [0.2, 0.25) is 0 Å². The van der Waals surface area contributed by atoms with Gasteiger partial charge in [0.05, 0.1) is 0 Å². The summed E-state index contributed by atoms with van der Waals surface area (Å²) >= 11 is 0. The molecule has 0 aromatic carbocycles. The number of likely N-dealkylation sites (tertiary alicyclic amines) is 1. The average molecular weight is 263 g/mol. The zero-order valence-electron chi connectivity index (χ0n) is 12.0. The normalized spacial score (nSPS) is 21.4. The predicted molar refractivity (Wildman–Crippen MR) is 77.0 cm³/mol. The van der Waals surface area contributed by atoms with E-state index in [1.807, 2.05) is 30.2 Å². The topological polar surface area (TPSA) is 51.3 Å². The maximum Gasteiger partial charge on any atom is 0.270 e. The van der Waals surface area contributed by atoms with E-state index in [2.05, 4.69) is 11.5 Å². The fraction of sp³-hybridized carbons (Fsp3) is 0.667. The number of aromatic nitrogens is 1. The first kappa shape index (κ1) is 14.1. The highest BCUT2D eigenvalue weighted by Crippen LogP contribution is 2.21. The summed E-state index contributed by atoms with van der Waals surface area (Å²) < 4.78 is 2.05. The molecule has 2 rings (SSSR count). The van der Waals surface area contributed by atoms with Crippen LogP contribution in [0, 0.1) is 0 Å². The van der Waals surface area contributed by atoms with E-state index in [1.54, 1.807) is 0 Å². The molecule has 1 aliphatic heterocycles. The molecule has 4 heteroatoms. The second-order valence-corrected chi connectivity index (χ2v) is 5.51. The van der Waals surface area contributed by atoms with Crippen molar-refractivity contribution in [2.75, 3.05) is 6.54 Å². The zero-order chi connectivity index (χ0) is 13.8. The Bertz CT molecular complexity index is 425. The lowest BCUT2D eigenvalue weighted by Crippen LogP contribution is -2.52. The minimum absolute atomic E-state index is 0.0406. The van der Waals surface area contributed by atoms with E-state index in [0.29, 0.717) is 0 Å². The molecule has 2 atom stereocenters. The molecule has 2 heterocycles. The van der Waals surface area contributed by atoms with E-state index in [9.17, 15) is 4.79 Å². The molecule has 1 saturated heterocycles. The minimum atomic E-state index is 0.0406. The van der Waals surface area contributed by atoms with Gasteiger partial charge in [0.2, 0.25) is 0 Å². The van der Waals surface area contributed by atoms with Gasteiger partial charge in [0.25, 0.3) is 5.91 Å². The summed E-state index contributed by atoms with van der Waals surface area (Å²) in [6.45, 7) is 5.86. The second kappa shape index (κ2) is 6.24. The SMILES string of the molecule is CCCn1cccc1C(=O)N1CCCCC1C(C)N. The third kappa shape index (κ3) is 3.00. The van der Waals surface area contributed by atoms with Crippen molar-refractivity contribution < 1.29 is 4.79 Å². The van der Waals surface area contributed by atoms with Gasteiger partial charge in [0.1, 0.15) is 5.69 Å². The van der Waals surface area contributed by atoms with E-state index in [4.69, 9.17) is 5.73 Å². The largest absolute Gasteiger partial charge is 0.344 e. The van der Waals surface area contributed by atoms with Crippen molar-refractivity contribution in [3.63, 3.8) is 0 Å². The van der Waals surface area contributed by atoms with Gasteiger partial charge in [-0.3, -0.25) is 4.79 Å². The van der Waals surface area contributed by atoms with Crippen molar-refractivity contribution in [1.82, 2.24) is 9.47 Å². The van der Waals surface area contributed by atoms with Gasteiger partial charge in [-0.15, -0.1) is 0 Å². The highest BCUT2D eigenvalue weighted by molar-refractivity contribution is 5.93. The summed E-state index contributed by atoms with van der Waals surface area (Å²) in [5.74, 6) is 0.139. The van der Waals surface area contributed by atoms with Gasteiger partial charge < -0.3 is 15.2 Å². The van der Waals surface area contributed by atoms with Crippen molar-refractivity contribution in [1.29, 1.82) is 0 Å². The minimum Gasteiger partial charge on any atom is -0.344 e. The summed E-state index contributed by atoms with van der Waals surface area (Å²) in [6.07, 6.45) is 6.31. The first-order chi connectivity index (χ1) is 9.15. The van der Waals surface area contributed by atoms with Crippen LogP contribution in [0.25, 0.3) is 0 Å². The summed E-state index contributed by atoms with van der Waals surface area (Å²) in [4.78, 5) is 14.7. The molecule has 1 aromatic heterocycles. The number of hydrogen-bond acceptors (Lipinski definition) is 2. The number of nitrogens with zero attached hydrogens (tertiary/aromatic N) is 2. The Morgan fingerprint density at radius 2 is 2.32 bits per heavy atom. The van der Waals surface area contributed by atoms with E-state index >= 15 is 0 Å². The standard InChI is InChI=1S/C15H25N3O/c1-3-9-17-10-6-8-14(17)15(19)18-11-5-4-7-13(18)12(2)16/h6,8,10,12-13H,3-5,7,9,11,16H2,1-2H3. The van der Waals surface area contributed by atoms with Crippen LogP contribution in [0.3, 0.4) is 0 Å². The molecule has 1 amide bonds. The summed E-state index contributed by atoms with van der Waals surface area (Å²) in [5, 5.41) is 0. The molecule has 1 aliphatic rings. The third-order valence-electron chi connectivity index (χ3n) is 3.93. The quantitative estimate of drug-likeness (QED) is 0.905. The van der Waals surface area contributed by atoms with Gasteiger partial charge in [-0.1, -0.05) is 6.92 Å². The monoisotopic (exact) mass is 263 g/mol. The van der Waals surface area contributed by atoms with Gasteiger partial charge >= 0.3 is 0 Å². The van der Waals surface area contributed by atoms with Crippen LogP contribution in [0.15, 0.2) is 18.3 Å². The van der Waals surface area contributed by atoms with Crippen LogP contribution in [0.5, 0.6) is 0 Å². The molecule has 0 saturated carbocycles. The summed E-state index contributed by atoms with van der Waals surface area (Å²) in [6, 6.07) is 4.10. The van der Waals surface area contributed by atoms with E-state index in [0.717, 1.165) is 38.0 Å². The maximum absolute atomic E-state index is 12.7. The molecule has 4 nitrogen and oxygen atoms in total. The molecule has 0 spiro atoms. The number of hydrogen-bond donors (Lipinski definition) is 1. The van der Waals surface area contributed by atoms with Crippen LogP contribution < -0.4 is 5.73 Å². The van der Waals surface area contributed by atoms with Crippen molar-refractivity contribution in [2.24, 2.45) is 5.73 Å². The van der Waals surface area contributed by atoms with Crippen LogP contribution in [-0.4, -0.2) is 34.0 Å². The van der Waals surface area contributed by atoms with Crippen molar-refractivity contribution >= 4 is 5.91 Å². The fourth-order valence-corrected chi connectivity index (χ4v) is 2.95. The first-order valence-corrected chi connectivity index (χ1v) is 7.36. The maximum atomic E-state index is 12.7. The van der Waals surface area contributed by atoms with Gasteiger partial charge in [-0.25, -0.2) is 0 Å². The molecule has 2 N–H and O–H groups in total. The molecule has 19 heavy (non-hydrogen) atoms.